The zero-order valence-electron chi connectivity index (χ0n) is 20.6. The molecule has 38 heavy (non-hydrogen) atoms. The first-order chi connectivity index (χ1) is 18.1. The Morgan fingerprint density at radius 2 is 1.97 bits per heavy atom. The smallest absolute Gasteiger partial charge is 0.387 e. The number of anilines is 1. The number of nitrogens with one attached hydrogen (secondary N) is 1. The van der Waals surface area contributed by atoms with E-state index in [1.54, 1.807) is 19.1 Å². The third kappa shape index (κ3) is 5.07. The molecular weight excluding hydrogens is 522 g/mol. The number of piperidine rings is 1. The van der Waals surface area contributed by atoms with Crippen molar-refractivity contribution in [3.05, 3.63) is 47.0 Å². The third-order valence-corrected chi connectivity index (χ3v) is 8.99. The summed E-state index contributed by atoms with van der Waals surface area (Å²) in [5.74, 6) is -0.335. The maximum Gasteiger partial charge on any atom is 0.387 e. The molecule has 1 aliphatic heterocycles. The van der Waals surface area contributed by atoms with Crippen LogP contribution in [0.1, 0.15) is 45.1 Å². The lowest BCUT2D eigenvalue weighted by Crippen LogP contribution is -2.42. The van der Waals surface area contributed by atoms with E-state index in [0.717, 1.165) is 0 Å². The highest BCUT2D eigenvalue weighted by molar-refractivity contribution is 7.89. The number of hydrogen-bond donors (Lipinski definition) is 2. The van der Waals surface area contributed by atoms with Crippen LogP contribution in [0.2, 0.25) is 0 Å². The van der Waals surface area contributed by atoms with Crippen molar-refractivity contribution >= 4 is 27.0 Å². The molecule has 1 saturated carbocycles. The largest absolute Gasteiger partial charge is 0.429 e. The summed E-state index contributed by atoms with van der Waals surface area (Å²) in [6, 6.07) is 5.09. The molecule has 3 aromatic heterocycles. The van der Waals surface area contributed by atoms with Crippen LogP contribution in [0.4, 0.5) is 14.7 Å². The molecule has 0 aromatic carbocycles. The summed E-state index contributed by atoms with van der Waals surface area (Å²) in [5.41, 5.74) is -1.84. The first-order valence-corrected chi connectivity index (χ1v) is 13.8. The molecule has 2 aliphatic rings. The molecule has 204 valence electrons. The number of sulfonamides is 1. The SMILES string of the molecule is C[C@@]1(O)CCC[C@H]1n1c(=O)c(OC(F)F)cc2cnc(NC3CCN(S(=O)(=O)c4ccccn4)CC3)nc21. The third-order valence-electron chi connectivity index (χ3n) is 7.18. The number of ether oxygens (including phenoxy) is 1. The fraction of sp³-hybridized carbons (Fsp3) is 0.500. The van der Waals surface area contributed by atoms with Crippen LogP contribution in [-0.2, 0) is 10.0 Å². The molecule has 5 rings (SSSR count). The molecule has 3 aromatic rings. The highest BCUT2D eigenvalue weighted by Gasteiger charge is 2.40. The van der Waals surface area contributed by atoms with Crippen molar-refractivity contribution in [2.24, 2.45) is 0 Å². The molecule has 0 unspecified atom stereocenters. The van der Waals surface area contributed by atoms with Crippen LogP contribution >= 0.6 is 0 Å². The number of fused-ring (bicyclic) bond motifs is 1. The van der Waals surface area contributed by atoms with Gasteiger partial charge in [0, 0.05) is 36.9 Å². The molecule has 0 spiro atoms. The minimum Gasteiger partial charge on any atom is -0.429 e. The lowest BCUT2D eigenvalue weighted by atomic mass is 10.00. The van der Waals surface area contributed by atoms with Gasteiger partial charge in [-0.15, -0.1) is 0 Å². The van der Waals surface area contributed by atoms with Crippen LogP contribution in [0.5, 0.6) is 5.75 Å². The van der Waals surface area contributed by atoms with Gasteiger partial charge in [-0.1, -0.05) is 6.07 Å². The van der Waals surface area contributed by atoms with Crippen molar-refractivity contribution in [3.63, 3.8) is 0 Å². The topological polar surface area (TPSA) is 140 Å². The lowest BCUT2D eigenvalue weighted by molar-refractivity contribution is -0.0513. The standard InChI is InChI=1S/C24H28F2N6O5S/c1-24(34)9-4-5-18(24)32-20-15(13-17(21(32)33)37-22(25)26)14-28-23(30-20)29-16-7-11-31(12-8-16)38(35,36)19-6-2-3-10-27-19/h2-3,6,10,13-14,16,18,22,34H,4-5,7-9,11-12H2,1H3,(H,28,29,30)/t18-,24-/m1/s1. The summed E-state index contributed by atoms with van der Waals surface area (Å²) in [6.07, 6.45) is 5.38. The van der Waals surface area contributed by atoms with Gasteiger partial charge in [0.05, 0.1) is 11.6 Å². The maximum atomic E-state index is 13.2. The molecule has 2 fully saturated rings. The average Bonchev–Trinajstić information content (AvgIpc) is 3.23. The Labute approximate surface area is 217 Å². The van der Waals surface area contributed by atoms with Crippen molar-refractivity contribution < 1.29 is 27.0 Å². The Kier molecular flexibility index (Phi) is 7.05. The number of alkyl halides is 2. The molecule has 0 bridgehead atoms. The van der Waals surface area contributed by atoms with Gasteiger partial charge in [0.1, 0.15) is 5.65 Å². The summed E-state index contributed by atoms with van der Waals surface area (Å²) in [6.45, 7) is -1.04. The van der Waals surface area contributed by atoms with Crippen LogP contribution in [0.3, 0.4) is 0 Å². The molecule has 4 heterocycles. The fourth-order valence-electron chi connectivity index (χ4n) is 5.23. The van der Waals surface area contributed by atoms with Crippen LogP contribution in [0.15, 0.2) is 46.5 Å². The molecule has 0 amide bonds. The molecule has 0 radical (unpaired) electrons. The number of aliphatic hydroxyl groups is 1. The Bertz CT molecular complexity index is 1480. The number of nitrogens with zero attached hydrogens (tertiary/aromatic N) is 5. The second kappa shape index (κ2) is 10.2. The molecule has 1 aliphatic carbocycles. The number of pyridine rings is 2. The minimum atomic E-state index is -3.69. The first kappa shape index (κ1) is 26.4. The van der Waals surface area contributed by atoms with Crippen molar-refractivity contribution in [3.8, 4) is 5.75 Å². The highest BCUT2D eigenvalue weighted by atomic mass is 32.2. The average molecular weight is 551 g/mol. The lowest BCUT2D eigenvalue weighted by Gasteiger charge is -2.31. The Hall–Kier alpha value is -3.23. The predicted molar refractivity (Wildman–Crippen MR) is 134 cm³/mol. The van der Waals surface area contributed by atoms with Gasteiger partial charge >= 0.3 is 6.61 Å². The van der Waals surface area contributed by atoms with E-state index >= 15 is 0 Å². The zero-order valence-corrected chi connectivity index (χ0v) is 21.4. The van der Waals surface area contributed by atoms with Crippen molar-refractivity contribution in [2.75, 3.05) is 18.4 Å². The van der Waals surface area contributed by atoms with Gasteiger partial charge in [-0.2, -0.15) is 18.1 Å². The second-order valence-electron chi connectivity index (χ2n) is 9.79. The van der Waals surface area contributed by atoms with E-state index in [9.17, 15) is 27.1 Å². The van der Waals surface area contributed by atoms with Crippen molar-refractivity contribution in [2.45, 2.75) is 68.4 Å². The van der Waals surface area contributed by atoms with E-state index in [1.807, 2.05) is 0 Å². The van der Waals surface area contributed by atoms with Gasteiger partial charge in [-0.25, -0.2) is 18.4 Å². The van der Waals surface area contributed by atoms with Gasteiger partial charge in [0.2, 0.25) is 5.95 Å². The van der Waals surface area contributed by atoms with E-state index in [2.05, 4.69) is 25.0 Å². The quantitative estimate of drug-likeness (QED) is 0.454. The van der Waals surface area contributed by atoms with E-state index in [0.29, 0.717) is 37.5 Å². The summed E-state index contributed by atoms with van der Waals surface area (Å²) < 4.78 is 58.7. The summed E-state index contributed by atoms with van der Waals surface area (Å²) >= 11 is 0. The molecule has 1 saturated heterocycles. The number of halogens is 2. The molecular formula is C24H28F2N6O5S. The van der Waals surface area contributed by atoms with Crippen LogP contribution in [-0.4, -0.2) is 68.7 Å². The molecule has 11 nitrogen and oxygen atoms in total. The van der Waals surface area contributed by atoms with Gasteiger partial charge in [-0.05, 0) is 57.2 Å². The number of aromatic nitrogens is 4. The Balaban J connectivity index is 1.40. The summed E-state index contributed by atoms with van der Waals surface area (Å²) in [4.78, 5) is 26.0. The Morgan fingerprint density at radius 1 is 1.21 bits per heavy atom. The normalized spacial score (nSPS) is 23.2. The van der Waals surface area contributed by atoms with Gasteiger partial charge < -0.3 is 15.2 Å². The van der Waals surface area contributed by atoms with Crippen LogP contribution < -0.4 is 15.6 Å². The van der Waals surface area contributed by atoms with E-state index in [4.69, 9.17) is 0 Å². The van der Waals surface area contributed by atoms with Gasteiger partial charge in [0.25, 0.3) is 15.6 Å². The maximum absolute atomic E-state index is 13.2. The number of rotatable bonds is 7. The molecule has 2 atom stereocenters. The molecule has 2 N–H and O–H groups in total. The van der Waals surface area contributed by atoms with Crippen LogP contribution in [0, 0.1) is 0 Å². The van der Waals surface area contributed by atoms with E-state index in [1.165, 1.54) is 33.4 Å². The summed E-state index contributed by atoms with van der Waals surface area (Å²) in [5, 5.41) is 14.4. The zero-order chi connectivity index (χ0) is 27.1. The second-order valence-corrected chi connectivity index (χ2v) is 11.7. The predicted octanol–water partition coefficient (Wildman–Crippen LogP) is 2.53. The van der Waals surface area contributed by atoms with Crippen molar-refractivity contribution in [1.29, 1.82) is 0 Å². The summed E-state index contributed by atoms with van der Waals surface area (Å²) in [7, 11) is -3.69. The van der Waals surface area contributed by atoms with Gasteiger partial charge in [-0.3, -0.25) is 9.36 Å². The highest BCUT2D eigenvalue weighted by Crippen LogP contribution is 2.40. The molecule has 14 heteroatoms. The van der Waals surface area contributed by atoms with Crippen molar-refractivity contribution in [1.82, 2.24) is 23.8 Å². The van der Waals surface area contributed by atoms with E-state index in [-0.39, 0.29) is 35.8 Å². The monoisotopic (exact) mass is 550 g/mol. The van der Waals surface area contributed by atoms with Crippen LogP contribution in [0.25, 0.3) is 11.0 Å². The Morgan fingerprint density at radius 3 is 2.61 bits per heavy atom. The minimum absolute atomic E-state index is 0.000213. The van der Waals surface area contributed by atoms with E-state index < -0.39 is 39.6 Å². The fourth-order valence-corrected chi connectivity index (χ4v) is 6.63. The first-order valence-electron chi connectivity index (χ1n) is 12.3. The number of hydrogen-bond acceptors (Lipinski definition) is 9. The van der Waals surface area contributed by atoms with Gasteiger partial charge in [0.15, 0.2) is 10.8 Å².